The Morgan fingerprint density at radius 2 is 1.96 bits per heavy atom. The van der Waals surface area contributed by atoms with Gasteiger partial charge in [0, 0.05) is 18.5 Å². The van der Waals surface area contributed by atoms with Gasteiger partial charge in [-0.05, 0) is 63.0 Å². The van der Waals surface area contributed by atoms with Gasteiger partial charge in [-0.25, -0.2) is 0 Å². The van der Waals surface area contributed by atoms with Gasteiger partial charge < -0.3 is 15.0 Å². The molecule has 0 aromatic heterocycles. The molecule has 4 fully saturated rings. The molecule has 2 bridgehead atoms. The molecule has 0 unspecified atom stereocenters. The van der Waals surface area contributed by atoms with Gasteiger partial charge >= 0.3 is 0 Å². The molecule has 0 radical (unpaired) electrons. The van der Waals surface area contributed by atoms with Crippen LogP contribution in [0.3, 0.4) is 0 Å². The Morgan fingerprint density at radius 1 is 1.29 bits per heavy atom. The highest BCUT2D eigenvalue weighted by atomic mass is 16.5. The van der Waals surface area contributed by atoms with Crippen molar-refractivity contribution < 1.29 is 14.3 Å². The zero-order chi connectivity index (χ0) is 19.9. The second-order valence-corrected chi connectivity index (χ2v) is 8.77. The van der Waals surface area contributed by atoms with Crippen molar-refractivity contribution in [3.8, 4) is 5.75 Å². The first-order valence-electron chi connectivity index (χ1n) is 10.4. The maximum Gasteiger partial charge on any atom is 0.260 e. The average molecular weight is 383 g/mol. The second kappa shape index (κ2) is 7.26. The Bertz CT molecular complexity index is 775. The van der Waals surface area contributed by atoms with Crippen molar-refractivity contribution in [1.82, 2.24) is 10.2 Å². The Kier molecular flexibility index (Phi) is 4.94. The third-order valence-corrected chi connectivity index (χ3v) is 6.76. The molecule has 5 heteroatoms. The van der Waals surface area contributed by atoms with Gasteiger partial charge in [0.1, 0.15) is 5.75 Å². The molecule has 5 rings (SSSR count). The van der Waals surface area contributed by atoms with Gasteiger partial charge in [0.2, 0.25) is 5.91 Å². The number of nitrogens with one attached hydrogen (secondary N) is 1. The molecule has 2 aliphatic heterocycles. The molecule has 2 aliphatic carbocycles. The fourth-order valence-electron chi connectivity index (χ4n) is 4.91. The van der Waals surface area contributed by atoms with Crippen molar-refractivity contribution >= 4 is 11.8 Å². The van der Waals surface area contributed by atoms with Crippen LogP contribution in [0, 0.1) is 25.7 Å². The zero-order valence-electron chi connectivity index (χ0n) is 16.9. The maximum atomic E-state index is 12.9. The van der Waals surface area contributed by atoms with Crippen LogP contribution >= 0.6 is 0 Å². The number of rotatable bonds is 6. The van der Waals surface area contributed by atoms with Crippen molar-refractivity contribution in [3.05, 3.63) is 42.0 Å². The summed E-state index contributed by atoms with van der Waals surface area (Å²) in [6.07, 6.45) is 6.59. The smallest absolute Gasteiger partial charge is 0.260 e. The normalized spacial score (nSPS) is 30.6. The molecule has 28 heavy (non-hydrogen) atoms. The monoisotopic (exact) mass is 382 g/mol. The van der Waals surface area contributed by atoms with Gasteiger partial charge in [-0.2, -0.15) is 0 Å². The highest BCUT2D eigenvalue weighted by molar-refractivity contribution is 5.83. The molecule has 2 atom stereocenters. The number of benzene rings is 1. The summed E-state index contributed by atoms with van der Waals surface area (Å²) < 4.78 is 5.89. The molecule has 1 aromatic rings. The van der Waals surface area contributed by atoms with Gasteiger partial charge in [-0.1, -0.05) is 24.3 Å². The Morgan fingerprint density at radius 3 is 2.57 bits per heavy atom. The number of piperidine rings is 2. The predicted molar refractivity (Wildman–Crippen MR) is 108 cm³/mol. The van der Waals surface area contributed by atoms with Crippen molar-refractivity contribution in [2.45, 2.75) is 57.5 Å². The lowest BCUT2D eigenvalue weighted by Crippen LogP contribution is -2.66. The molecule has 0 spiro atoms. The molecule has 5 nitrogen and oxygen atoms in total. The van der Waals surface area contributed by atoms with Crippen molar-refractivity contribution in [1.29, 1.82) is 0 Å². The molecule has 2 saturated heterocycles. The van der Waals surface area contributed by atoms with E-state index >= 15 is 0 Å². The fraction of sp³-hybridized carbons (Fsp3) is 0.565. The molecule has 1 aromatic carbocycles. The molecular weight excluding hydrogens is 352 g/mol. The van der Waals surface area contributed by atoms with Crippen LogP contribution in [0.5, 0.6) is 5.75 Å². The topological polar surface area (TPSA) is 58.6 Å². The first-order chi connectivity index (χ1) is 13.4. The molecule has 2 saturated carbocycles. The number of aryl methyl sites for hydroxylation is 2. The van der Waals surface area contributed by atoms with Crippen LogP contribution in [0.4, 0.5) is 0 Å². The lowest BCUT2D eigenvalue weighted by Gasteiger charge is -2.53. The molecule has 2 amide bonds. The highest BCUT2D eigenvalue weighted by Gasteiger charge is 2.50. The Labute approximate surface area is 167 Å². The zero-order valence-corrected chi connectivity index (χ0v) is 16.9. The van der Waals surface area contributed by atoms with E-state index in [0.29, 0.717) is 12.5 Å². The van der Waals surface area contributed by atoms with Crippen molar-refractivity contribution in [2.24, 2.45) is 11.8 Å². The van der Waals surface area contributed by atoms with Crippen LogP contribution in [0.1, 0.15) is 43.2 Å². The van der Waals surface area contributed by atoms with Crippen molar-refractivity contribution in [2.75, 3.05) is 13.2 Å². The van der Waals surface area contributed by atoms with E-state index in [0.717, 1.165) is 49.0 Å². The quantitative estimate of drug-likeness (QED) is 0.769. The van der Waals surface area contributed by atoms with E-state index in [-0.39, 0.29) is 35.9 Å². The second-order valence-electron chi connectivity index (χ2n) is 8.77. The summed E-state index contributed by atoms with van der Waals surface area (Å²) in [6, 6.07) is 6.25. The van der Waals surface area contributed by atoms with Gasteiger partial charge in [0.25, 0.3) is 5.91 Å². The highest BCUT2D eigenvalue weighted by Crippen LogP contribution is 2.42. The maximum absolute atomic E-state index is 12.9. The largest absolute Gasteiger partial charge is 0.483 e. The number of para-hydroxylation sites is 1. The van der Waals surface area contributed by atoms with E-state index in [2.05, 4.69) is 11.9 Å². The third kappa shape index (κ3) is 3.54. The van der Waals surface area contributed by atoms with Crippen LogP contribution in [0.15, 0.2) is 30.9 Å². The molecular formula is C23H30N2O3. The summed E-state index contributed by atoms with van der Waals surface area (Å²) in [6.45, 7) is 8.43. The van der Waals surface area contributed by atoms with Crippen LogP contribution in [-0.4, -0.2) is 41.4 Å². The Balaban J connectivity index is 1.39. The minimum absolute atomic E-state index is 0.0149. The summed E-state index contributed by atoms with van der Waals surface area (Å²) in [7, 11) is 0. The first kappa shape index (κ1) is 19.0. The van der Waals surface area contributed by atoms with E-state index in [1.165, 1.54) is 0 Å². The van der Waals surface area contributed by atoms with E-state index < -0.39 is 0 Å². The minimum atomic E-state index is -0.269. The fourth-order valence-corrected chi connectivity index (χ4v) is 4.91. The van der Waals surface area contributed by atoms with Crippen LogP contribution in [-0.2, 0) is 9.59 Å². The number of carbonyl (C=O) groups excluding carboxylic acids is 2. The molecule has 4 aliphatic rings. The standard InChI is InChI=1S/C23H30N2O3/c1-4-17-12-19(17)22(27)24-23-10-8-18(9-11-23)25(14-23)20(26)13-28-21-15(2)6-5-7-16(21)3/h4-7,17-19H,1,8-14H2,2-3H3,(H,24,27)/t17-,18?,19-,23?/m1/s1. The lowest BCUT2D eigenvalue weighted by molar-refractivity contribution is -0.145. The summed E-state index contributed by atoms with van der Waals surface area (Å²) in [5.74, 6) is 1.33. The van der Waals surface area contributed by atoms with Crippen molar-refractivity contribution in [3.63, 3.8) is 0 Å². The third-order valence-electron chi connectivity index (χ3n) is 6.76. The number of hydrogen-bond donors (Lipinski definition) is 1. The number of carbonyl (C=O) groups is 2. The average Bonchev–Trinajstić information content (AvgIpc) is 3.48. The van der Waals surface area contributed by atoms with E-state index in [9.17, 15) is 9.59 Å². The number of ether oxygens (including phenoxy) is 1. The summed E-state index contributed by atoms with van der Waals surface area (Å²) >= 11 is 0. The van der Waals surface area contributed by atoms with E-state index in [4.69, 9.17) is 4.74 Å². The number of amides is 2. The summed E-state index contributed by atoms with van der Waals surface area (Å²) in [5, 5.41) is 3.30. The number of fused-ring (bicyclic) bond motifs is 3. The van der Waals surface area contributed by atoms with Gasteiger partial charge in [0.15, 0.2) is 6.61 Å². The van der Waals surface area contributed by atoms with Gasteiger partial charge in [-0.15, -0.1) is 6.58 Å². The molecule has 150 valence electrons. The van der Waals surface area contributed by atoms with Crippen LogP contribution in [0.2, 0.25) is 0 Å². The number of hydrogen-bond acceptors (Lipinski definition) is 3. The number of allylic oxidation sites excluding steroid dienone is 1. The van der Waals surface area contributed by atoms with E-state index in [1.807, 2.05) is 43.0 Å². The molecule has 1 N–H and O–H groups in total. The minimum Gasteiger partial charge on any atom is -0.483 e. The lowest BCUT2D eigenvalue weighted by atomic mass is 9.73. The van der Waals surface area contributed by atoms with Gasteiger partial charge in [-0.3, -0.25) is 9.59 Å². The van der Waals surface area contributed by atoms with E-state index in [1.54, 1.807) is 0 Å². The predicted octanol–water partition coefficient (Wildman–Crippen LogP) is 3.14. The van der Waals surface area contributed by atoms with Gasteiger partial charge in [0.05, 0.1) is 5.54 Å². The number of nitrogens with zero attached hydrogens (tertiary/aromatic N) is 1. The SMILES string of the molecule is C=C[C@@H]1C[C@H]1C(=O)NC12CCC(CC1)N(C(=O)COc1c(C)cccc1C)C2. The van der Waals surface area contributed by atoms with Crippen LogP contribution < -0.4 is 10.1 Å². The first-order valence-corrected chi connectivity index (χ1v) is 10.4. The summed E-state index contributed by atoms with van der Waals surface area (Å²) in [5.41, 5.74) is 1.81. The van der Waals surface area contributed by atoms with Crippen LogP contribution in [0.25, 0.3) is 0 Å². The Hall–Kier alpha value is -2.30. The summed E-state index contributed by atoms with van der Waals surface area (Å²) in [4.78, 5) is 27.5. The molecule has 2 heterocycles.